The third kappa shape index (κ3) is 2.19. The first-order valence-electron chi connectivity index (χ1n) is 6.97. The minimum Gasteiger partial charge on any atom is -0.334 e. The van der Waals surface area contributed by atoms with E-state index in [1.807, 2.05) is 24.4 Å². The molecule has 108 valence electrons. The molecular weight excluding hydrogens is 294 g/mol. The van der Waals surface area contributed by atoms with E-state index >= 15 is 0 Å². The summed E-state index contributed by atoms with van der Waals surface area (Å²) in [6, 6.07) is 12.2. The van der Waals surface area contributed by atoms with Gasteiger partial charge in [0.1, 0.15) is 0 Å². The molecule has 0 aliphatic heterocycles. The fourth-order valence-electron chi connectivity index (χ4n) is 2.43. The van der Waals surface area contributed by atoms with Gasteiger partial charge in [-0.1, -0.05) is 23.4 Å². The van der Waals surface area contributed by atoms with E-state index in [1.165, 1.54) is 5.56 Å². The second-order valence-electron chi connectivity index (χ2n) is 5.22. The number of rotatable bonds is 2. The van der Waals surface area contributed by atoms with E-state index in [9.17, 15) is 0 Å². The number of aromatic nitrogens is 3. The van der Waals surface area contributed by atoms with Crippen LogP contribution in [0.2, 0.25) is 0 Å². The van der Waals surface area contributed by atoms with Gasteiger partial charge in [-0.3, -0.25) is 4.98 Å². The van der Waals surface area contributed by atoms with Crippen LogP contribution >= 0.6 is 11.3 Å². The Morgan fingerprint density at radius 2 is 1.95 bits per heavy atom. The molecule has 4 aromatic rings. The Bertz CT molecular complexity index is 957. The predicted octanol–water partition coefficient (Wildman–Crippen LogP) is 4.63. The van der Waals surface area contributed by atoms with Crippen LogP contribution in [0.3, 0.4) is 0 Å². The minimum atomic E-state index is 0.510. The maximum Gasteiger partial charge on any atom is 0.260 e. The van der Waals surface area contributed by atoms with E-state index in [0.29, 0.717) is 11.7 Å². The van der Waals surface area contributed by atoms with Crippen LogP contribution in [0.25, 0.3) is 33.1 Å². The first-order valence-corrected chi connectivity index (χ1v) is 7.84. The number of benzene rings is 1. The summed E-state index contributed by atoms with van der Waals surface area (Å²) in [5, 5.41) is 7.13. The SMILES string of the molecule is Cc1ccc2cc(-c3nc(-c4cccs4)no3)c(C)nc2c1. The summed E-state index contributed by atoms with van der Waals surface area (Å²) in [5.74, 6) is 1.13. The van der Waals surface area contributed by atoms with E-state index in [1.54, 1.807) is 11.3 Å². The van der Waals surface area contributed by atoms with E-state index < -0.39 is 0 Å². The van der Waals surface area contributed by atoms with Gasteiger partial charge in [0.05, 0.1) is 21.7 Å². The zero-order valence-electron chi connectivity index (χ0n) is 12.2. The largest absolute Gasteiger partial charge is 0.334 e. The predicted molar refractivity (Wildman–Crippen MR) is 87.8 cm³/mol. The number of nitrogens with zero attached hydrogens (tertiary/aromatic N) is 3. The van der Waals surface area contributed by atoms with Crippen molar-refractivity contribution < 1.29 is 4.52 Å². The Kier molecular flexibility index (Phi) is 3.01. The van der Waals surface area contributed by atoms with Crippen LogP contribution in [0, 0.1) is 13.8 Å². The van der Waals surface area contributed by atoms with Crippen LogP contribution in [-0.2, 0) is 0 Å². The Balaban J connectivity index is 1.84. The second-order valence-corrected chi connectivity index (χ2v) is 6.17. The molecular formula is C17H13N3OS. The zero-order valence-corrected chi connectivity index (χ0v) is 13.0. The van der Waals surface area contributed by atoms with Crippen molar-refractivity contribution in [2.75, 3.05) is 0 Å². The van der Waals surface area contributed by atoms with Crippen molar-refractivity contribution in [3.63, 3.8) is 0 Å². The van der Waals surface area contributed by atoms with Gasteiger partial charge in [0.15, 0.2) is 0 Å². The molecule has 0 saturated carbocycles. The average Bonchev–Trinajstić information content (AvgIpc) is 3.17. The third-order valence-corrected chi connectivity index (χ3v) is 4.43. The minimum absolute atomic E-state index is 0.510. The Hall–Kier alpha value is -2.53. The standard InChI is InChI=1S/C17H13N3OS/c1-10-5-6-12-9-13(11(2)18-14(12)8-10)17-19-16(20-21-17)15-4-3-7-22-15/h3-9H,1-2H3. The Labute approximate surface area is 131 Å². The van der Waals surface area contributed by atoms with E-state index in [0.717, 1.165) is 27.0 Å². The molecule has 0 radical (unpaired) electrons. The van der Waals surface area contributed by atoms with Gasteiger partial charge in [-0.25, -0.2) is 0 Å². The van der Waals surface area contributed by atoms with Crippen molar-refractivity contribution in [3.8, 4) is 22.2 Å². The molecule has 0 aliphatic rings. The van der Waals surface area contributed by atoms with Crippen molar-refractivity contribution in [3.05, 3.63) is 53.0 Å². The van der Waals surface area contributed by atoms with Crippen LogP contribution in [0.1, 0.15) is 11.3 Å². The summed E-state index contributed by atoms with van der Waals surface area (Å²) in [4.78, 5) is 10.2. The molecule has 0 spiro atoms. The topological polar surface area (TPSA) is 51.8 Å². The number of thiophene rings is 1. The van der Waals surface area contributed by atoms with Crippen LogP contribution in [0.5, 0.6) is 0 Å². The number of aryl methyl sites for hydroxylation is 2. The van der Waals surface area contributed by atoms with Crippen molar-refractivity contribution in [1.29, 1.82) is 0 Å². The molecule has 0 unspecified atom stereocenters. The molecule has 0 atom stereocenters. The Morgan fingerprint density at radius 1 is 1.05 bits per heavy atom. The van der Waals surface area contributed by atoms with Crippen LogP contribution in [0.4, 0.5) is 0 Å². The van der Waals surface area contributed by atoms with Crippen LogP contribution in [-0.4, -0.2) is 15.1 Å². The number of hydrogen-bond acceptors (Lipinski definition) is 5. The average molecular weight is 307 g/mol. The summed E-state index contributed by atoms with van der Waals surface area (Å²) in [6.07, 6.45) is 0. The van der Waals surface area contributed by atoms with Gasteiger partial charge in [0.2, 0.25) is 5.82 Å². The lowest BCUT2D eigenvalue weighted by molar-refractivity contribution is 0.432. The molecule has 0 bridgehead atoms. The summed E-state index contributed by atoms with van der Waals surface area (Å²) in [6.45, 7) is 4.03. The highest BCUT2D eigenvalue weighted by Gasteiger charge is 2.14. The highest BCUT2D eigenvalue weighted by molar-refractivity contribution is 7.13. The summed E-state index contributed by atoms with van der Waals surface area (Å²) < 4.78 is 5.43. The fourth-order valence-corrected chi connectivity index (χ4v) is 3.08. The molecule has 3 aromatic heterocycles. The van der Waals surface area contributed by atoms with Crippen molar-refractivity contribution in [2.24, 2.45) is 0 Å². The first kappa shape index (κ1) is 13.2. The molecule has 0 aliphatic carbocycles. The van der Waals surface area contributed by atoms with E-state index in [4.69, 9.17) is 4.52 Å². The van der Waals surface area contributed by atoms with Gasteiger partial charge in [-0.05, 0) is 43.0 Å². The summed E-state index contributed by atoms with van der Waals surface area (Å²) >= 11 is 1.59. The van der Waals surface area contributed by atoms with Gasteiger partial charge in [-0.2, -0.15) is 4.98 Å². The van der Waals surface area contributed by atoms with E-state index in [2.05, 4.69) is 46.3 Å². The van der Waals surface area contributed by atoms with Gasteiger partial charge in [-0.15, -0.1) is 11.3 Å². The molecule has 5 heteroatoms. The molecule has 4 rings (SSSR count). The molecule has 0 N–H and O–H groups in total. The summed E-state index contributed by atoms with van der Waals surface area (Å²) in [5.41, 5.74) is 3.95. The highest BCUT2D eigenvalue weighted by atomic mass is 32.1. The highest BCUT2D eigenvalue weighted by Crippen LogP contribution is 2.28. The van der Waals surface area contributed by atoms with Gasteiger partial charge in [0, 0.05) is 5.39 Å². The lowest BCUT2D eigenvalue weighted by Gasteiger charge is -2.04. The molecule has 0 amide bonds. The lowest BCUT2D eigenvalue weighted by Crippen LogP contribution is -1.90. The van der Waals surface area contributed by atoms with E-state index in [-0.39, 0.29) is 0 Å². The normalized spacial score (nSPS) is 11.2. The maximum absolute atomic E-state index is 5.43. The number of hydrogen-bond donors (Lipinski definition) is 0. The second kappa shape index (κ2) is 5.03. The van der Waals surface area contributed by atoms with Gasteiger partial charge in [0.25, 0.3) is 5.89 Å². The fraction of sp³-hybridized carbons (Fsp3) is 0.118. The van der Waals surface area contributed by atoms with Crippen molar-refractivity contribution in [1.82, 2.24) is 15.1 Å². The Morgan fingerprint density at radius 3 is 2.77 bits per heavy atom. The van der Waals surface area contributed by atoms with Crippen molar-refractivity contribution >= 4 is 22.2 Å². The molecule has 0 saturated heterocycles. The van der Waals surface area contributed by atoms with Crippen LogP contribution < -0.4 is 0 Å². The zero-order chi connectivity index (χ0) is 15.1. The van der Waals surface area contributed by atoms with Gasteiger partial charge >= 0.3 is 0 Å². The monoisotopic (exact) mass is 307 g/mol. The molecule has 4 nitrogen and oxygen atoms in total. The number of fused-ring (bicyclic) bond motifs is 1. The maximum atomic E-state index is 5.43. The molecule has 3 heterocycles. The van der Waals surface area contributed by atoms with Crippen LogP contribution in [0.15, 0.2) is 46.3 Å². The quantitative estimate of drug-likeness (QED) is 0.542. The van der Waals surface area contributed by atoms with Gasteiger partial charge < -0.3 is 4.52 Å². The lowest BCUT2D eigenvalue weighted by atomic mass is 10.1. The summed E-state index contributed by atoms with van der Waals surface area (Å²) in [7, 11) is 0. The molecule has 22 heavy (non-hydrogen) atoms. The van der Waals surface area contributed by atoms with Crippen molar-refractivity contribution in [2.45, 2.75) is 13.8 Å². The first-order chi connectivity index (χ1) is 10.7. The third-order valence-electron chi connectivity index (χ3n) is 3.56. The molecule has 1 aromatic carbocycles. The number of pyridine rings is 1. The smallest absolute Gasteiger partial charge is 0.260 e. The molecule has 0 fully saturated rings.